The number of aromatic amines is 1. The third-order valence-corrected chi connectivity index (χ3v) is 4.71. The van der Waals surface area contributed by atoms with Crippen LogP contribution in [0.25, 0.3) is 0 Å². The van der Waals surface area contributed by atoms with Gasteiger partial charge in [-0.2, -0.15) is 18.3 Å². The highest BCUT2D eigenvalue weighted by Crippen LogP contribution is 2.31. The molecule has 5 nitrogen and oxygen atoms in total. The monoisotopic (exact) mass is 347 g/mol. The first-order chi connectivity index (χ1) is 11.5. The molecule has 136 valence electrons. The van der Waals surface area contributed by atoms with Crippen molar-refractivity contribution in [2.75, 3.05) is 39.5 Å². The van der Waals surface area contributed by atoms with Gasteiger partial charge in [0.05, 0.1) is 19.3 Å². The summed E-state index contributed by atoms with van der Waals surface area (Å²) >= 11 is 0. The number of likely N-dealkylation sites (tertiary alicyclic amines) is 1. The maximum Gasteiger partial charge on any atom is 0.435 e. The van der Waals surface area contributed by atoms with Crippen LogP contribution in [0.2, 0.25) is 0 Å². The molecule has 0 bridgehead atoms. The molecule has 0 unspecified atom stereocenters. The minimum Gasteiger partial charge on any atom is -0.377 e. The Morgan fingerprint density at radius 3 is 2.92 bits per heavy atom. The van der Waals surface area contributed by atoms with Gasteiger partial charge in [0.15, 0.2) is 5.69 Å². The Morgan fingerprint density at radius 1 is 1.33 bits per heavy atom. The fourth-order valence-corrected chi connectivity index (χ4v) is 3.39. The van der Waals surface area contributed by atoms with E-state index in [0.29, 0.717) is 18.9 Å². The van der Waals surface area contributed by atoms with Gasteiger partial charge in [0, 0.05) is 31.3 Å². The Morgan fingerprint density at radius 2 is 2.21 bits per heavy atom. The molecule has 0 aliphatic carbocycles. The number of hydrogen-bond donors (Lipinski definition) is 1. The summed E-state index contributed by atoms with van der Waals surface area (Å²) < 4.78 is 49.2. The number of nitrogens with zero attached hydrogens (tertiary/aromatic N) is 2. The van der Waals surface area contributed by atoms with E-state index in [1.165, 1.54) is 0 Å². The van der Waals surface area contributed by atoms with Crippen LogP contribution < -0.4 is 0 Å². The Bertz CT molecular complexity index is 515. The van der Waals surface area contributed by atoms with Crippen molar-refractivity contribution in [1.82, 2.24) is 15.1 Å². The second kappa shape index (κ2) is 7.84. The smallest absolute Gasteiger partial charge is 0.377 e. The lowest BCUT2D eigenvalue weighted by Gasteiger charge is -2.32. The molecule has 2 saturated heterocycles. The van der Waals surface area contributed by atoms with E-state index in [0.717, 1.165) is 58.0 Å². The topological polar surface area (TPSA) is 50.4 Å². The predicted molar refractivity (Wildman–Crippen MR) is 81.8 cm³/mol. The van der Waals surface area contributed by atoms with Crippen molar-refractivity contribution in [2.45, 2.75) is 43.9 Å². The van der Waals surface area contributed by atoms with Crippen molar-refractivity contribution in [3.05, 3.63) is 17.5 Å². The molecule has 8 heteroatoms. The summed E-state index contributed by atoms with van der Waals surface area (Å²) in [6.45, 7) is 4.58. The summed E-state index contributed by atoms with van der Waals surface area (Å²) in [5.41, 5.74) is -0.262. The number of ether oxygens (including phenoxy) is 2. The van der Waals surface area contributed by atoms with E-state index in [2.05, 4.69) is 15.1 Å². The fraction of sp³-hybridized carbons (Fsp3) is 0.812. The highest BCUT2D eigenvalue weighted by atomic mass is 19.4. The van der Waals surface area contributed by atoms with Crippen LogP contribution in [0.4, 0.5) is 13.2 Å². The molecule has 3 heterocycles. The van der Waals surface area contributed by atoms with E-state index >= 15 is 0 Å². The second-order valence-corrected chi connectivity index (χ2v) is 6.56. The molecule has 3 rings (SSSR count). The summed E-state index contributed by atoms with van der Waals surface area (Å²) in [5.74, 6) is 0.0699. The highest BCUT2D eigenvalue weighted by Gasteiger charge is 2.35. The van der Waals surface area contributed by atoms with Crippen molar-refractivity contribution in [3.63, 3.8) is 0 Å². The van der Waals surface area contributed by atoms with Crippen molar-refractivity contribution in [3.8, 4) is 0 Å². The molecular weight excluding hydrogens is 323 g/mol. The number of aromatic nitrogens is 2. The summed E-state index contributed by atoms with van der Waals surface area (Å²) in [5, 5.41) is 5.96. The van der Waals surface area contributed by atoms with E-state index in [1.54, 1.807) is 0 Å². The molecule has 24 heavy (non-hydrogen) atoms. The molecule has 1 aromatic heterocycles. The quantitative estimate of drug-likeness (QED) is 0.804. The van der Waals surface area contributed by atoms with Gasteiger partial charge >= 0.3 is 6.18 Å². The molecule has 2 fully saturated rings. The van der Waals surface area contributed by atoms with Gasteiger partial charge in [-0.05, 0) is 38.3 Å². The second-order valence-electron chi connectivity index (χ2n) is 6.56. The molecule has 2 aliphatic rings. The first kappa shape index (κ1) is 17.7. The zero-order chi connectivity index (χ0) is 17.0. The molecular formula is C16H24F3N3O2. The Kier molecular flexibility index (Phi) is 5.78. The average Bonchev–Trinajstić information content (AvgIpc) is 3.23. The van der Waals surface area contributed by atoms with Crippen LogP contribution in [0, 0.1) is 0 Å². The van der Waals surface area contributed by atoms with Gasteiger partial charge in [0.1, 0.15) is 0 Å². The Hall–Kier alpha value is -1.12. The number of piperidine rings is 1. The van der Waals surface area contributed by atoms with Gasteiger partial charge in [-0.1, -0.05) is 0 Å². The molecule has 2 aliphatic heterocycles. The van der Waals surface area contributed by atoms with Crippen molar-refractivity contribution in [1.29, 1.82) is 0 Å². The summed E-state index contributed by atoms with van der Waals surface area (Å²) in [4.78, 5) is 2.25. The molecule has 0 amide bonds. The number of hydrogen-bond acceptors (Lipinski definition) is 4. The van der Waals surface area contributed by atoms with Crippen molar-refractivity contribution >= 4 is 0 Å². The third-order valence-electron chi connectivity index (χ3n) is 4.71. The van der Waals surface area contributed by atoms with Gasteiger partial charge in [-0.15, -0.1) is 0 Å². The molecule has 1 N–H and O–H groups in total. The molecule has 0 radical (unpaired) electrons. The predicted octanol–water partition coefficient (Wildman–Crippen LogP) is 2.80. The Balaban J connectivity index is 1.43. The molecule has 2 atom stereocenters. The van der Waals surface area contributed by atoms with Gasteiger partial charge in [-0.25, -0.2) is 0 Å². The summed E-state index contributed by atoms with van der Waals surface area (Å²) in [6.07, 6.45) is -0.146. The van der Waals surface area contributed by atoms with Gasteiger partial charge in [-0.3, -0.25) is 5.10 Å². The van der Waals surface area contributed by atoms with Gasteiger partial charge < -0.3 is 14.4 Å². The zero-order valence-corrected chi connectivity index (χ0v) is 13.6. The minimum absolute atomic E-state index is 0.0699. The van der Waals surface area contributed by atoms with Crippen molar-refractivity contribution in [2.24, 2.45) is 0 Å². The van der Waals surface area contributed by atoms with Crippen LogP contribution >= 0.6 is 0 Å². The lowest BCUT2D eigenvalue weighted by molar-refractivity contribution is -0.141. The maximum atomic E-state index is 12.7. The normalized spacial score (nSPS) is 26.1. The van der Waals surface area contributed by atoms with Crippen LogP contribution in [-0.2, 0) is 15.7 Å². The first-order valence-electron chi connectivity index (χ1n) is 8.56. The summed E-state index contributed by atoms with van der Waals surface area (Å²) in [7, 11) is 0. The van der Waals surface area contributed by atoms with Crippen LogP contribution in [0.3, 0.4) is 0 Å². The van der Waals surface area contributed by atoms with E-state index in [1.807, 2.05) is 0 Å². The van der Waals surface area contributed by atoms with Crippen LogP contribution in [0.15, 0.2) is 6.07 Å². The maximum absolute atomic E-state index is 12.7. The number of nitrogens with one attached hydrogen (secondary N) is 1. The third kappa shape index (κ3) is 4.70. The number of alkyl halides is 3. The summed E-state index contributed by atoms with van der Waals surface area (Å²) in [6, 6.07) is 1.14. The number of rotatable bonds is 6. The fourth-order valence-electron chi connectivity index (χ4n) is 3.39. The molecule has 0 spiro atoms. The molecule has 0 aromatic carbocycles. The number of halogens is 3. The van der Waals surface area contributed by atoms with Crippen LogP contribution in [0.1, 0.15) is 43.0 Å². The number of H-pyrrole nitrogens is 1. The minimum atomic E-state index is -4.39. The average molecular weight is 347 g/mol. The Labute approximate surface area is 139 Å². The van der Waals surface area contributed by atoms with Gasteiger partial charge in [0.25, 0.3) is 0 Å². The lowest BCUT2D eigenvalue weighted by Crippen LogP contribution is -2.37. The van der Waals surface area contributed by atoms with E-state index in [4.69, 9.17) is 9.47 Å². The standard InChI is InChI=1S/C16H24F3N3O2/c17-16(18,19)15-9-14(20-21-15)12-3-1-5-22(10-12)6-8-23-11-13-4-2-7-24-13/h9,12-13H,1-8,10-11H2,(H,20,21)/t12-,13+/m0/s1. The van der Waals surface area contributed by atoms with Crippen LogP contribution in [0.5, 0.6) is 0 Å². The van der Waals surface area contributed by atoms with Crippen molar-refractivity contribution < 1.29 is 22.6 Å². The highest BCUT2D eigenvalue weighted by molar-refractivity contribution is 5.16. The molecule has 0 saturated carbocycles. The zero-order valence-electron chi connectivity index (χ0n) is 13.6. The van der Waals surface area contributed by atoms with Crippen LogP contribution in [-0.4, -0.2) is 60.7 Å². The van der Waals surface area contributed by atoms with E-state index in [-0.39, 0.29) is 12.0 Å². The van der Waals surface area contributed by atoms with E-state index in [9.17, 15) is 13.2 Å². The van der Waals surface area contributed by atoms with Gasteiger partial charge in [0.2, 0.25) is 0 Å². The van der Waals surface area contributed by atoms with E-state index < -0.39 is 11.9 Å². The lowest BCUT2D eigenvalue weighted by atomic mass is 9.94. The first-order valence-corrected chi connectivity index (χ1v) is 8.56. The molecule has 1 aromatic rings. The SMILES string of the molecule is FC(F)(F)c1cc([C@H]2CCCN(CCOC[C@H]3CCCO3)C2)[nH]n1. The largest absolute Gasteiger partial charge is 0.435 e.